The Kier molecular flexibility index (Phi) is 37.5. The van der Waals surface area contributed by atoms with Gasteiger partial charge in [0.15, 0.2) is 16.8 Å². The van der Waals surface area contributed by atoms with Crippen LogP contribution in [0.2, 0.25) is 0 Å². The van der Waals surface area contributed by atoms with Crippen LogP contribution in [0, 0.1) is 0 Å². The van der Waals surface area contributed by atoms with Crippen LogP contribution in [-0.4, -0.2) is 216 Å². The smallest absolute Gasteiger partial charge is 0.277 e. The number of ether oxygens (including phenoxy) is 8. The molecule has 140 heavy (non-hydrogen) atoms. The minimum absolute atomic E-state index is 0.0156. The van der Waals surface area contributed by atoms with Crippen LogP contribution in [-0.2, 0) is 87.3 Å². The number of rotatable bonds is 43. The van der Waals surface area contributed by atoms with Gasteiger partial charge in [0.1, 0.15) is 118 Å². The van der Waals surface area contributed by atoms with Crippen molar-refractivity contribution in [2.75, 3.05) is 112 Å². The monoisotopic (exact) mass is 2020 g/mol. The van der Waals surface area contributed by atoms with Crippen molar-refractivity contribution in [1.29, 1.82) is 0 Å². The van der Waals surface area contributed by atoms with Gasteiger partial charge in [0.05, 0.1) is 86.4 Å². The number of hydrogen-bond donors (Lipinski definition) is 8. The quantitative estimate of drug-likeness (QED) is 0.00439. The summed E-state index contributed by atoms with van der Waals surface area (Å²) >= 11 is 0.888. The molecule has 0 amide bonds. The topological polar surface area (TPSA) is 506 Å². The molecule has 9 heterocycles. The number of likely N-dealkylation sites (N-methyl/N-ethyl adjacent to an activating group) is 1. The maximum absolute atomic E-state index is 13.4. The molecule has 10 N–H and O–H groups in total. The number of halogens is 1. The van der Waals surface area contributed by atoms with Gasteiger partial charge in [-0.15, -0.1) is 0 Å². The zero-order valence-corrected chi connectivity index (χ0v) is 84.4. The minimum atomic E-state index is -3.99. The molecule has 0 spiro atoms. The molecule has 15 rings (SSSR count). The Morgan fingerprint density at radius 2 is 0.757 bits per heavy atom. The molecule has 0 bridgehead atoms. The number of nitrogens with zero attached hydrogens (tertiary/aromatic N) is 12. The van der Waals surface area contributed by atoms with Crippen molar-refractivity contribution in [3.63, 3.8) is 0 Å². The summed E-state index contributed by atoms with van der Waals surface area (Å²) < 4.78 is 141. The lowest BCUT2D eigenvalue weighted by atomic mass is 10.1. The molecule has 14 aromatic rings. The first-order valence-corrected chi connectivity index (χ1v) is 52.0. The van der Waals surface area contributed by atoms with Crippen LogP contribution in [0.1, 0.15) is 104 Å². The van der Waals surface area contributed by atoms with Gasteiger partial charge in [-0.1, -0.05) is 57.7 Å². The predicted molar refractivity (Wildman–Crippen MR) is 538 cm³/mol. The molecule has 750 valence electrons. The summed E-state index contributed by atoms with van der Waals surface area (Å²) in [5.74, 6) is 5.43. The highest BCUT2D eigenvalue weighted by atomic mass is 35.7. The zero-order valence-electron chi connectivity index (χ0n) is 80.4. The Morgan fingerprint density at radius 3 is 1.19 bits per heavy atom. The molecule has 0 atom stereocenters. The number of H-pyrrole nitrogens is 4. The van der Waals surface area contributed by atoms with Gasteiger partial charge in [-0.3, -0.25) is 37.9 Å². The summed E-state index contributed by atoms with van der Waals surface area (Å²) in [7, 11) is 2.75. The van der Waals surface area contributed by atoms with Crippen LogP contribution in [0.25, 0.3) is 89.2 Å². The van der Waals surface area contributed by atoms with Crippen molar-refractivity contribution >= 4 is 95.9 Å². The number of aryl methyl sites for hydroxylation is 8. The molecule has 8 aromatic heterocycles. The number of nitrogens with two attached hydrogens (primary N) is 2. The van der Waals surface area contributed by atoms with Gasteiger partial charge >= 0.3 is 0 Å². The highest BCUT2D eigenvalue weighted by molar-refractivity contribution is 8.13. The molecule has 0 radical (unpaired) electrons. The average molecular weight is 2020 g/mol. The molecule has 0 unspecified atom stereocenters. The van der Waals surface area contributed by atoms with Crippen LogP contribution < -0.4 is 85.9 Å². The van der Waals surface area contributed by atoms with Gasteiger partial charge < -0.3 is 79.1 Å². The fraction of sp³-hybridized carbons (Fsp3) is 0.389. The Bertz CT molecular complexity index is 7220. The van der Waals surface area contributed by atoms with Crippen molar-refractivity contribution in [2.45, 2.75) is 121 Å². The van der Waals surface area contributed by atoms with Gasteiger partial charge in [-0.2, -0.15) is 24.7 Å². The van der Waals surface area contributed by atoms with E-state index in [0.717, 1.165) is 90.1 Å². The van der Waals surface area contributed by atoms with Crippen molar-refractivity contribution in [3.05, 3.63) is 198 Å². The first-order valence-electron chi connectivity index (χ1n) is 46.0. The summed E-state index contributed by atoms with van der Waals surface area (Å²) in [6, 6.07) is 36.7. The number of hydrogen-bond acceptors (Lipinski definition) is 31. The average Bonchev–Trinajstić information content (AvgIpc) is 1.53. The van der Waals surface area contributed by atoms with E-state index < -0.39 is 34.7 Å². The summed E-state index contributed by atoms with van der Waals surface area (Å²) in [4.78, 5) is 80.3. The highest BCUT2D eigenvalue weighted by Crippen LogP contribution is 2.39. The van der Waals surface area contributed by atoms with E-state index in [-0.39, 0.29) is 56.2 Å². The summed E-state index contributed by atoms with van der Waals surface area (Å²) in [5, 5.41) is 19.5. The van der Waals surface area contributed by atoms with E-state index >= 15 is 0 Å². The Morgan fingerprint density at radius 1 is 0.400 bits per heavy atom. The number of piperazine rings is 1. The van der Waals surface area contributed by atoms with Gasteiger partial charge in [-0.05, 0) is 194 Å². The van der Waals surface area contributed by atoms with Crippen molar-refractivity contribution in [1.82, 2.24) is 87.7 Å². The van der Waals surface area contributed by atoms with Crippen LogP contribution >= 0.6 is 22.9 Å². The third-order valence-corrected chi connectivity index (χ3v) is 27.0. The Labute approximate surface area is 818 Å². The predicted octanol–water partition coefficient (Wildman–Crippen LogP) is 11.3. The van der Waals surface area contributed by atoms with Gasteiger partial charge in [-0.25, -0.2) is 44.7 Å². The lowest BCUT2D eigenvalue weighted by Crippen LogP contribution is -2.47. The maximum Gasteiger partial charge on any atom is 0.277 e. The van der Waals surface area contributed by atoms with Crippen LogP contribution in [0.5, 0.6) is 51.7 Å². The highest BCUT2D eigenvalue weighted by Gasteiger charge is 2.31. The second kappa shape index (κ2) is 49.4. The summed E-state index contributed by atoms with van der Waals surface area (Å²) in [6.45, 7) is 22.1. The largest absolute Gasteiger partial charge is 0.493 e. The molecule has 0 saturated carbocycles. The van der Waals surface area contributed by atoms with Crippen LogP contribution in [0.15, 0.2) is 167 Å². The zero-order chi connectivity index (χ0) is 101. The van der Waals surface area contributed by atoms with E-state index in [0.29, 0.717) is 218 Å². The van der Waals surface area contributed by atoms with E-state index in [4.69, 9.17) is 79.2 Å². The van der Waals surface area contributed by atoms with E-state index in [2.05, 4.69) is 61.6 Å². The second-order valence-corrected chi connectivity index (χ2v) is 38.9. The standard InChI is InChI=1S/C45H53N9O10S2.C22H30N6O4S.C18H20ClN3O4S.C10H16N2O2/c1-7-11-35-33-27-37(48-44(55)41(33)53(5)51-35)32-25-30(17-19-38(32)59-9-3)63-64-65-46-21-23-61-28-13-15-29(16-14-28)62-24-22-47-66(57,58)31-18-20-39(60-10-4)34(26-31)43-49-40-36(12-8-2)52-54(6)42(40)45(56)50-43;1-5-7-17-19-20(27(4)25-17)22(29)24-21(23-19)16-14-15(8-9-18(16)32-6-2)33(30,31)28-12-10-26(3)11-13-28;1-4-6-14-13-10-15(20-18(23)17(13)22(3)21-14)12-9-11(27(19,24)25)7-8-16(12)26-5-2;11-5-7-13-9-1-2-10(4-3-9)14-8-6-12/h13-20,25-27,46-47H,7-12,21-24H2,1-6H3,(H,48,55)(H,49,50,56);8-9,14H,5-7,10-13H2,1-4H3,(H,23,24,29);7-10H,4-6H2,1-3H3,(H,20,23);1-4H,5-8,11-12H2. The third kappa shape index (κ3) is 26.3. The van der Waals surface area contributed by atoms with Crippen molar-refractivity contribution < 1.29 is 72.4 Å². The molecular weight excluding hydrogens is 1900 g/mol. The lowest BCUT2D eigenvalue weighted by Gasteiger charge is -2.31. The lowest BCUT2D eigenvalue weighted by molar-refractivity contribution is -0.0788. The molecule has 1 aliphatic rings. The number of pyridine rings is 2. The first-order chi connectivity index (χ1) is 67.3. The SMILES string of the molecule is CCCc1nn(C)c2c(=O)[nH]c(-c3cc(OOSNCCOc4ccc(OCCNS(=O)(=O)c5ccc(OCC)c(-c6nc7c(CCC)nn(C)c7c(=O)[nH]6)c5)cc4)ccc3OCC)cc12.CCCc1nn(C)c2c(=O)[nH]c(-c3cc(S(=O)(=O)Cl)ccc3OCC)cc12.CCCc1nn(C)c2c(=O)[nH]c(-c3cc(S(=O)(=O)N4CCN(C)CC4)ccc3OCC)nc12.NCCOc1ccc(OCCN)cc1. The van der Waals surface area contributed by atoms with Crippen molar-refractivity contribution in [3.8, 4) is 97.0 Å². The molecular formula is C95H119ClN20O20S4. The number of sulfonamides is 2. The van der Waals surface area contributed by atoms with Crippen LogP contribution in [0.4, 0.5) is 0 Å². The number of fused-ring (bicyclic) bond motifs is 4. The number of aromatic amines is 4. The first kappa shape index (κ1) is 106. The number of nitrogens with one attached hydrogen (secondary N) is 6. The van der Waals surface area contributed by atoms with E-state index in [1.807, 2.05) is 85.8 Å². The maximum atomic E-state index is 13.4. The molecule has 40 nitrogen and oxygen atoms in total. The van der Waals surface area contributed by atoms with Gasteiger partial charge in [0, 0.05) is 113 Å². The Hall–Kier alpha value is -12.7. The fourth-order valence-corrected chi connectivity index (χ4v) is 19.1. The Balaban J connectivity index is 0.000000195. The van der Waals surface area contributed by atoms with Gasteiger partial charge in [0.25, 0.3) is 31.3 Å². The normalized spacial score (nSPS) is 12.5. The fourth-order valence-electron chi connectivity index (χ4n) is 15.5. The van der Waals surface area contributed by atoms with Crippen molar-refractivity contribution in [2.24, 2.45) is 39.7 Å². The van der Waals surface area contributed by atoms with Gasteiger partial charge in [0.2, 0.25) is 20.0 Å². The molecule has 1 fully saturated rings. The number of benzene rings is 6. The minimum Gasteiger partial charge on any atom is -0.493 e. The summed E-state index contributed by atoms with van der Waals surface area (Å²) in [6.07, 6.45) is 6.25. The van der Waals surface area contributed by atoms with E-state index in [9.17, 15) is 44.4 Å². The summed E-state index contributed by atoms with van der Waals surface area (Å²) in [5.41, 5.74) is 18.0. The molecule has 1 aliphatic heterocycles. The molecule has 0 aliphatic carbocycles. The van der Waals surface area contributed by atoms with E-state index in [1.165, 1.54) is 44.0 Å². The molecule has 45 heteroatoms. The third-order valence-electron chi connectivity index (χ3n) is 21.9. The molecule has 6 aromatic carbocycles. The second-order valence-electron chi connectivity index (χ2n) is 32.0. The van der Waals surface area contributed by atoms with E-state index in [1.54, 1.807) is 110 Å². The number of aromatic nitrogens is 14. The van der Waals surface area contributed by atoms with Crippen LogP contribution in [0.3, 0.4) is 0 Å². The molecule has 1 saturated heterocycles.